The van der Waals surface area contributed by atoms with Crippen LogP contribution in [0.3, 0.4) is 0 Å². The van der Waals surface area contributed by atoms with Crippen LogP contribution in [0.25, 0.3) is 0 Å². The van der Waals surface area contributed by atoms with Gasteiger partial charge >= 0.3 is 5.91 Å². The standard InChI is InChI=1S/C15H26N2O2/c1-10(18)16-15(5)8-7-12-13(9-15)17(6,11(2)19)14(12,3)4/h12-13H,7-9H2,1-6H3/p+1. The van der Waals surface area contributed by atoms with E-state index < -0.39 is 0 Å². The number of carbonyl (C=O) groups excluding carboxylic acids is 2. The van der Waals surface area contributed by atoms with Gasteiger partial charge in [0.25, 0.3) is 0 Å². The van der Waals surface area contributed by atoms with Crippen molar-refractivity contribution in [3.05, 3.63) is 0 Å². The molecule has 0 bridgehead atoms. The lowest BCUT2D eigenvalue weighted by molar-refractivity contribution is -0.971. The molecule has 1 saturated heterocycles. The number of hydrogen-bond acceptors (Lipinski definition) is 2. The van der Waals surface area contributed by atoms with E-state index >= 15 is 0 Å². The van der Waals surface area contributed by atoms with Crippen LogP contribution in [0.4, 0.5) is 0 Å². The van der Waals surface area contributed by atoms with Crippen LogP contribution >= 0.6 is 0 Å². The van der Waals surface area contributed by atoms with E-state index in [1.165, 1.54) is 0 Å². The fourth-order valence-corrected chi connectivity index (χ4v) is 4.61. The van der Waals surface area contributed by atoms with Crippen LogP contribution in [0.5, 0.6) is 0 Å². The predicted molar refractivity (Wildman–Crippen MR) is 74.3 cm³/mol. The summed E-state index contributed by atoms with van der Waals surface area (Å²) >= 11 is 0. The molecule has 1 N–H and O–H groups in total. The van der Waals surface area contributed by atoms with Crippen molar-refractivity contribution < 1.29 is 14.1 Å². The minimum Gasteiger partial charge on any atom is -0.351 e. The Labute approximate surface area is 116 Å². The van der Waals surface area contributed by atoms with Gasteiger partial charge in [-0.3, -0.25) is 9.28 Å². The lowest BCUT2D eigenvalue weighted by Gasteiger charge is -2.67. The zero-order valence-corrected chi connectivity index (χ0v) is 13.0. The molecule has 1 aliphatic heterocycles. The first-order valence-corrected chi connectivity index (χ1v) is 7.21. The van der Waals surface area contributed by atoms with Crippen LogP contribution in [0, 0.1) is 5.92 Å². The summed E-state index contributed by atoms with van der Waals surface area (Å²) in [5.41, 5.74) is -0.132. The van der Waals surface area contributed by atoms with Crippen molar-refractivity contribution >= 4 is 11.8 Å². The molecule has 2 amide bonds. The van der Waals surface area contributed by atoms with Gasteiger partial charge in [-0.1, -0.05) is 0 Å². The monoisotopic (exact) mass is 267 g/mol. The van der Waals surface area contributed by atoms with Gasteiger partial charge in [-0.05, 0) is 33.6 Å². The highest BCUT2D eigenvalue weighted by atomic mass is 16.2. The van der Waals surface area contributed by atoms with Gasteiger partial charge in [0.05, 0.1) is 19.9 Å². The van der Waals surface area contributed by atoms with Gasteiger partial charge in [-0.2, -0.15) is 0 Å². The Kier molecular flexibility index (Phi) is 3.09. The molecule has 1 aliphatic carbocycles. The Morgan fingerprint density at radius 1 is 1.21 bits per heavy atom. The average Bonchev–Trinajstić information content (AvgIpc) is 2.25. The molecule has 2 fully saturated rings. The molecular formula is C15H27N2O2+. The van der Waals surface area contributed by atoms with Gasteiger partial charge in [0.15, 0.2) is 0 Å². The molecule has 108 valence electrons. The number of rotatable bonds is 1. The molecule has 2 rings (SSSR count). The maximum atomic E-state index is 12.1. The van der Waals surface area contributed by atoms with Gasteiger partial charge in [-0.15, -0.1) is 0 Å². The Morgan fingerprint density at radius 3 is 2.26 bits per heavy atom. The van der Waals surface area contributed by atoms with E-state index in [0.717, 1.165) is 19.3 Å². The van der Waals surface area contributed by atoms with Crippen LogP contribution in [-0.4, -0.2) is 40.5 Å². The Morgan fingerprint density at radius 2 is 1.79 bits per heavy atom. The van der Waals surface area contributed by atoms with Gasteiger partial charge in [0.1, 0.15) is 11.6 Å². The lowest BCUT2D eigenvalue weighted by Crippen LogP contribution is -2.84. The topological polar surface area (TPSA) is 46.2 Å². The number of quaternary nitrogens is 1. The molecule has 2 aliphatic rings. The minimum absolute atomic E-state index is 0.0219. The Hall–Kier alpha value is -0.900. The average molecular weight is 267 g/mol. The molecule has 19 heavy (non-hydrogen) atoms. The number of likely N-dealkylation sites (tertiary alicyclic amines) is 1. The lowest BCUT2D eigenvalue weighted by atomic mass is 9.57. The van der Waals surface area contributed by atoms with Gasteiger partial charge in [0.2, 0.25) is 5.91 Å². The molecular weight excluding hydrogens is 240 g/mol. The van der Waals surface area contributed by atoms with Crippen molar-refractivity contribution in [2.24, 2.45) is 5.92 Å². The molecule has 4 heteroatoms. The molecule has 4 unspecified atom stereocenters. The van der Waals surface area contributed by atoms with Crippen LogP contribution in [0.1, 0.15) is 53.9 Å². The summed E-state index contributed by atoms with van der Waals surface area (Å²) in [6, 6.07) is 0.345. The van der Waals surface area contributed by atoms with Crippen LogP contribution in [0.2, 0.25) is 0 Å². The fraction of sp³-hybridized carbons (Fsp3) is 0.867. The zero-order valence-electron chi connectivity index (χ0n) is 13.0. The molecule has 0 aromatic carbocycles. The maximum absolute atomic E-state index is 12.1. The number of hydrogen-bond donors (Lipinski definition) is 1. The Bertz CT molecular complexity index is 432. The number of nitrogens with one attached hydrogen (secondary N) is 1. The summed E-state index contributed by atoms with van der Waals surface area (Å²) in [4.78, 5) is 23.5. The van der Waals surface area contributed by atoms with Crippen molar-refractivity contribution in [2.75, 3.05) is 7.05 Å². The summed E-state index contributed by atoms with van der Waals surface area (Å²) in [7, 11) is 2.06. The van der Waals surface area contributed by atoms with Crippen molar-refractivity contribution in [3.8, 4) is 0 Å². The number of fused-ring (bicyclic) bond motifs is 1. The van der Waals surface area contributed by atoms with Crippen molar-refractivity contribution in [1.82, 2.24) is 5.32 Å². The predicted octanol–water partition coefficient (Wildman–Crippen LogP) is 1.84. The van der Waals surface area contributed by atoms with E-state index in [0.29, 0.717) is 16.4 Å². The minimum atomic E-state index is -0.154. The summed E-state index contributed by atoms with van der Waals surface area (Å²) in [6.45, 7) is 9.79. The van der Waals surface area contributed by atoms with Gasteiger partial charge in [0, 0.05) is 18.9 Å². The summed E-state index contributed by atoms with van der Waals surface area (Å²) in [6.07, 6.45) is 3.00. The highest BCUT2D eigenvalue weighted by Crippen LogP contribution is 2.56. The van der Waals surface area contributed by atoms with E-state index in [4.69, 9.17) is 0 Å². The van der Waals surface area contributed by atoms with Crippen LogP contribution in [0.15, 0.2) is 0 Å². The first-order chi connectivity index (χ1) is 8.54. The van der Waals surface area contributed by atoms with E-state index in [9.17, 15) is 9.59 Å². The smallest absolute Gasteiger partial charge is 0.311 e. The van der Waals surface area contributed by atoms with E-state index in [1.807, 2.05) is 0 Å². The van der Waals surface area contributed by atoms with Crippen molar-refractivity contribution in [2.45, 2.75) is 71.0 Å². The summed E-state index contributed by atoms with van der Waals surface area (Å²) in [5, 5.41) is 3.09. The fourth-order valence-electron chi connectivity index (χ4n) is 4.61. The van der Waals surface area contributed by atoms with E-state index in [1.54, 1.807) is 13.8 Å². The second-order valence-electron chi connectivity index (χ2n) is 7.41. The summed E-state index contributed by atoms with van der Waals surface area (Å²) < 4.78 is 0.507. The van der Waals surface area contributed by atoms with Gasteiger partial charge < -0.3 is 5.32 Å². The largest absolute Gasteiger partial charge is 0.351 e. The SMILES string of the molecule is CC(=O)NC1(C)CCC2C(C1)[N+](C)(C(C)=O)C2(C)C. The van der Waals surface area contributed by atoms with Crippen LogP contribution < -0.4 is 5.32 Å². The molecule has 4 nitrogen and oxygen atoms in total. The van der Waals surface area contributed by atoms with Crippen molar-refractivity contribution in [3.63, 3.8) is 0 Å². The Balaban J connectivity index is 2.25. The molecule has 4 atom stereocenters. The van der Waals surface area contributed by atoms with E-state index in [2.05, 4.69) is 33.1 Å². The van der Waals surface area contributed by atoms with E-state index in [-0.39, 0.29) is 22.9 Å². The zero-order chi connectivity index (χ0) is 14.6. The quantitative estimate of drug-likeness (QED) is 0.737. The third-order valence-corrected chi connectivity index (χ3v) is 6.03. The molecule has 1 heterocycles. The number of nitrogens with zero attached hydrogens (tertiary/aromatic N) is 1. The van der Waals surface area contributed by atoms with Crippen molar-refractivity contribution in [1.29, 1.82) is 0 Å². The normalized spacial score (nSPS) is 43.9. The third-order valence-electron chi connectivity index (χ3n) is 6.03. The molecule has 0 aromatic heterocycles. The van der Waals surface area contributed by atoms with Crippen LogP contribution in [-0.2, 0) is 9.59 Å². The number of carbonyl (C=O) groups is 2. The molecule has 0 radical (unpaired) electrons. The van der Waals surface area contributed by atoms with Gasteiger partial charge in [-0.25, -0.2) is 4.79 Å². The summed E-state index contributed by atoms with van der Waals surface area (Å²) in [5.74, 6) is 0.845. The highest BCUT2D eigenvalue weighted by molar-refractivity contribution is 5.73. The highest BCUT2D eigenvalue weighted by Gasteiger charge is 2.70. The second kappa shape index (κ2) is 4.05. The maximum Gasteiger partial charge on any atom is 0.311 e. The second-order valence-corrected chi connectivity index (χ2v) is 7.41. The molecule has 0 spiro atoms. The number of amides is 2. The third kappa shape index (κ3) is 1.83. The molecule has 1 saturated carbocycles. The first-order valence-electron chi connectivity index (χ1n) is 7.21. The molecule has 0 aromatic rings. The first kappa shape index (κ1) is 14.5.